The first kappa shape index (κ1) is 10.3. The molecule has 0 rings (SSSR count). The Balaban J connectivity index is 3.55. The number of terminal acetylenes is 1. The molecule has 0 fully saturated rings. The Bertz CT molecular complexity index is 119. The third-order valence-corrected chi connectivity index (χ3v) is 2.33. The van der Waals surface area contributed by atoms with Crippen molar-refractivity contribution in [2.45, 2.75) is 33.1 Å². The van der Waals surface area contributed by atoms with E-state index >= 15 is 0 Å². The van der Waals surface area contributed by atoms with Gasteiger partial charge in [-0.2, -0.15) is 0 Å². The van der Waals surface area contributed by atoms with Gasteiger partial charge in [-0.05, 0) is 22.7 Å². The lowest BCUT2D eigenvalue weighted by Gasteiger charge is -2.20. The van der Waals surface area contributed by atoms with Gasteiger partial charge in [0.05, 0.1) is 0 Å². The van der Waals surface area contributed by atoms with Crippen LogP contribution in [0.3, 0.4) is 0 Å². The van der Waals surface area contributed by atoms with Crippen LogP contribution in [0.15, 0.2) is 0 Å². The van der Waals surface area contributed by atoms with Gasteiger partial charge < -0.3 is 0 Å². The summed E-state index contributed by atoms with van der Waals surface area (Å²) in [4.78, 5) is 0. The quantitative estimate of drug-likeness (QED) is 0.408. The lowest BCUT2D eigenvalue weighted by molar-refractivity contribution is 0.343. The zero-order chi connectivity index (χ0) is 8.04. The van der Waals surface area contributed by atoms with Crippen LogP contribution in [0.25, 0.3) is 0 Å². The Morgan fingerprint density at radius 1 is 1.50 bits per heavy atom. The smallest absolute Gasteiger partial charge is 0.0137 e. The molecule has 0 N–H and O–H groups in total. The summed E-state index contributed by atoms with van der Waals surface area (Å²) in [6, 6.07) is 0. The molecule has 0 aromatic rings. The van der Waals surface area contributed by atoms with Gasteiger partial charge in [-0.3, -0.25) is 0 Å². The molecule has 10 heavy (non-hydrogen) atoms. The Hall–Kier alpha value is 0.290. The molecule has 0 aliphatic carbocycles. The van der Waals surface area contributed by atoms with Crippen molar-refractivity contribution in [3.05, 3.63) is 0 Å². The van der Waals surface area contributed by atoms with E-state index < -0.39 is 0 Å². The van der Waals surface area contributed by atoms with Crippen molar-refractivity contribution in [3.63, 3.8) is 0 Å². The van der Waals surface area contributed by atoms with Crippen LogP contribution in [0.2, 0.25) is 0 Å². The molecule has 0 atom stereocenters. The molecular formula is C9H15I. The fourth-order valence-electron chi connectivity index (χ4n) is 0.910. The van der Waals surface area contributed by atoms with E-state index in [4.69, 9.17) is 6.42 Å². The highest BCUT2D eigenvalue weighted by Gasteiger charge is 2.14. The van der Waals surface area contributed by atoms with E-state index in [9.17, 15) is 0 Å². The van der Waals surface area contributed by atoms with Crippen molar-refractivity contribution in [3.8, 4) is 12.3 Å². The maximum Gasteiger partial charge on any atom is 0.0137 e. The first-order valence-corrected chi connectivity index (χ1v) is 5.14. The highest BCUT2D eigenvalue weighted by atomic mass is 127. The molecule has 0 saturated carbocycles. The molecule has 0 aromatic heterocycles. The van der Waals surface area contributed by atoms with Crippen molar-refractivity contribution in [2.24, 2.45) is 5.41 Å². The largest absolute Gasteiger partial charge is 0.120 e. The van der Waals surface area contributed by atoms with Crippen LogP contribution in [0, 0.1) is 17.8 Å². The predicted molar refractivity (Wildman–Crippen MR) is 55.4 cm³/mol. The first-order chi connectivity index (χ1) is 4.62. The molecule has 0 aromatic carbocycles. The van der Waals surface area contributed by atoms with Gasteiger partial charge in [0.1, 0.15) is 0 Å². The van der Waals surface area contributed by atoms with Gasteiger partial charge in [0.2, 0.25) is 0 Å². The molecule has 0 unspecified atom stereocenters. The fourth-order valence-corrected chi connectivity index (χ4v) is 1.29. The van der Waals surface area contributed by atoms with E-state index in [1.165, 1.54) is 17.3 Å². The summed E-state index contributed by atoms with van der Waals surface area (Å²) in [6.45, 7) is 4.47. The Morgan fingerprint density at radius 2 is 2.10 bits per heavy atom. The van der Waals surface area contributed by atoms with Gasteiger partial charge >= 0.3 is 0 Å². The molecule has 0 nitrogen and oxygen atoms in total. The molecule has 58 valence electrons. The Labute approximate surface area is 77.9 Å². The summed E-state index contributed by atoms with van der Waals surface area (Å²) in [7, 11) is 0. The van der Waals surface area contributed by atoms with Crippen molar-refractivity contribution in [1.29, 1.82) is 0 Å². The first-order valence-electron chi connectivity index (χ1n) is 3.62. The Morgan fingerprint density at radius 3 is 2.50 bits per heavy atom. The highest BCUT2D eigenvalue weighted by Crippen LogP contribution is 2.26. The molecule has 0 amide bonds. The molecule has 1 heteroatoms. The van der Waals surface area contributed by atoms with E-state index in [-0.39, 0.29) is 0 Å². The number of hydrogen-bond donors (Lipinski definition) is 0. The zero-order valence-corrected chi connectivity index (χ0v) is 8.94. The highest BCUT2D eigenvalue weighted by molar-refractivity contribution is 14.1. The number of hydrogen-bond acceptors (Lipinski definition) is 0. The van der Waals surface area contributed by atoms with Crippen LogP contribution in [0.5, 0.6) is 0 Å². The number of alkyl halides is 1. The summed E-state index contributed by atoms with van der Waals surface area (Å²) in [6.07, 6.45) is 8.68. The molecular weight excluding hydrogens is 235 g/mol. The van der Waals surface area contributed by atoms with E-state index in [0.717, 1.165) is 6.42 Å². The van der Waals surface area contributed by atoms with Gasteiger partial charge in [0.25, 0.3) is 0 Å². The standard InChI is InChI=1S/C9H15I/c1-4-6-9(2,3)7-5-8-10/h1H,5-8H2,2-3H3. The third kappa shape index (κ3) is 5.10. The lowest BCUT2D eigenvalue weighted by atomic mass is 9.85. The second-order valence-corrected chi connectivity index (χ2v) is 4.42. The predicted octanol–water partition coefficient (Wildman–Crippen LogP) is 3.25. The molecule has 0 aliphatic rings. The summed E-state index contributed by atoms with van der Waals surface area (Å²) >= 11 is 2.40. The maximum atomic E-state index is 5.23. The van der Waals surface area contributed by atoms with Crippen LogP contribution < -0.4 is 0 Å². The van der Waals surface area contributed by atoms with Crippen molar-refractivity contribution < 1.29 is 0 Å². The second-order valence-electron chi connectivity index (χ2n) is 3.34. The van der Waals surface area contributed by atoms with Gasteiger partial charge in [-0.1, -0.05) is 36.4 Å². The molecule has 0 radical (unpaired) electrons. The summed E-state index contributed by atoms with van der Waals surface area (Å²) in [5, 5.41) is 0. The van der Waals surface area contributed by atoms with E-state index in [1.807, 2.05) is 0 Å². The molecule has 0 spiro atoms. The second kappa shape index (κ2) is 5.01. The zero-order valence-electron chi connectivity index (χ0n) is 6.78. The van der Waals surface area contributed by atoms with E-state index in [1.54, 1.807) is 0 Å². The molecule has 0 aliphatic heterocycles. The van der Waals surface area contributed by atoms with E-state index in [2.05, 4.69) is 42.4 Å². The summed E-state index contributed by atoms with van der Waals surface area (Å²) < 4.78 is 1.24. The van der Waals surface area contributed by atoms with Gasteiger partial charge in [0, 0.05) is 6.42 Å². The minimum atomic E-state index is 0.361. The van der Waals surface area contributed by atoms with E-state index in [0.29, 0.717) is 5.41 Å². The number of halogens is 1. The van der Waals surface area contributed by atoms with Crippen LogP contribution in [0.4, 0.5) is 0 Å². The molecule has 0 heterocycles. The van der Waals surface area contributed by atoms with Crippen LogP contribution in [0.1, 0.15) is 33.1 Å². The molecule has 0 saturated heterocycles. The maximum absolute atomic E-state index is 5.23. The summed E-state index contributed by atoms with van der Waals surface area (Å²) in [5.41, 5.74) is 0.361. The van der Waals surface area contributed by atoms with Gasteiger partial charge in [0.15, 0.2) is 0 Å². The van der Waals surface area contributed by atoms with Crippen LogP contribution >= 0.6 is 22.6 Å². The normalized spacial score (nSPS) is 11.0. The third-order valence-electron chi connectivity index (χ3n) is 1.57. The minimum absolute atomic E-state index is 0.361. The average Bonchev–Trinajstić information content (AvgIpc) is 1.84. The van der Waals surface area contributed by atoms with Crippen molar-refractivity contribution in [1.82, 2.24) is 0 Å². The lowest BCUT2D eigenvalue weighted by Crippen LogP contribution is -2.09. The van der Waals surface area contributed by atoms with Crippen LogP contribution in [-0.2, 0) is 0 Å². The fraction of sp³-hybridized carbons (Fsp3) is 0.778. The van der Waals surface area contributed by atoms with Gasteiger partial charge in [-0.15, -0.1) is 12.3 Å². The van der Waals surface area contributed by atoms with Crippen molar-refractivity contribution in [2.75, 3.05) is 4.43 Å². The van der Waals surface area contributed by atoms with Crippen LogP contribution in [-0.4, -0.2) is 4.43 Å². The average molecular weight is 250 g/mol. The van der Waals surface area contributed by atoms with Crippen molar-refractivity contribution >= 4 is 22.6 Å². The molecule has 0 bridgehead atoms. The van der Waals surface area contributed by atoms with Gasteiger partial charge in [-0.25, -0.2) is 0 Å². The monoisotopic (exact) mass is 250 g/mol. The SMILES string of the molecule is C#CCC(C)(C)CCCI. The number of rotatable bonds is 4. The Kier molecular flexibility index (Phi) is 5.15. The topological polar surface area (TPSA) is 0 Å². The summed E-state index contributed by atoms with van der Waals surface area (Å²) in [5.74, 6) is 2.71. The minimum Gasteiger partial charge on any atom is -0.120 e.